The first-order valence-corrected chi connectivity index (χ1v) is 12.3. The molecule has 1 aliphatic rings. The third-order valence-corrected chi connectivity index (χ3v) is 7.07. The predicted molar refractivity (Wildman–Crippen MR) is 136 cm³/mol. The van der Waals surface area contributed by atoms with Gasteiger partial charge in [-0.3, -0.25) is 4.98 Å². The number of likely N-dealkylation sites (tertiary alicyclic amines) is 1. The fourth-order valence-electron chi connectivity index (χ4n) is 5.06. The van der Waals surface area contributed by atoms with E-state index in [4.69, 9.17) is 15.2 Å². The standard InChI is InChI=1S/C28H35N3O4/c1-34-23-10-11-26-24(16-23)21(12-14-30-26)8-5-9-22-13-15-31(18-25(22)27(32)17-29)28(33)35-19-20-6-3-2-4-7-20/h2-4,6-7,10-12,14,16,22,25,27,32H,5,8-9,13,15,17-19,29H2,1H3/t22-,25+,27?/m1/s1. The Balaban J connectivity index is 1.35. The number of rotatable bonds is 9. The summed E-state index contributed by atoms with van der Waals surface area (Å²) >= 11 is 0. The summed E-state index contributed by atoms with van der Waals surface area (Å²) in [4.78, 5) is 18.9. The minimum absolute atomic E-state index is 0.0627. The molecule has 186 valence electrons. The van der Waals surface area contributed by atoms with E-state index in [-0.39, 0.29) is 25.2 Å². The van der Waals surface area contributed by atoms with Crippen LogP contribution in [-0.4, -0.2) is 53.9 Å². The van der Waals surface area contributed by atoms with Gasteiger partial charge < -0.3 is 25.2 Å². The molecule has 3 atom stereocenters. The van der Waals surface area contributed by atoms with Gasteiger partial charge in [0, 0.05) is 37.1 Å². The molecule has 0 spiro atoms. The Bertz CT molecular complexity index is 1110. The maximum Gasteiger partial charge on any atom is 0.410 e. The van der Waals surface area contributed by atoms with Crippen LogP contribution in [0.1, 0.15) is 30.4 Å². The second-order valence-corrected chi connectivity index (χ2v) is 9.25. The topological polar surface area (TPSA) is 97.9 Å². The number of aromatic nitrogens is 1. The summed E-state index contributed by atoms with van der Waals surface area (Å²) in [7, 11) is 1.67. The Morgan fingerprint density at radius 1 is 1.23 bits per heavy atom. The number of aliphatic hydroxyl groups is 1. The average Bonchev–Trinajstić information content (AvgIpc) is 2.91. The summed E-state index contributed by atoms with van der Waals surface area (Å²) in [6.07, 6.45) is 4.55. The molecule has 35 heavy (non-hydrogen) atoms. The van der Waals surface area contributed by atoms with Crippen molar-refractivity contribution in [2.75, 3.05) is 26.7 Å². The van der Waals surface area contributed by atoms with Gasteiger partial charge in [0.1, 0.15) is 12.4 Å². The first-order chi connectivity index (χ1) is 17.1. The SMILES string of the molecule is COc1ccc2nccc(CCC[C@@H]3CCN(C(=O)OCc4ccccc4)C[C@@H]3C(O)CN)c2c1. The van der Waals surface area contributed by atoms with Crippen LogP contribution >= 0.6 is 0 Å². The zero-order valence-corrected chi connectivity index (χ0v) is 20.3. The van der Waals surface area contributed by atoms with E-state index in [1.807, 2.05) is 54.7 Å². The number of ether oxygens (including phenoxy) is 2. The number of aliphatic hydroxyl groups excluding tert-OH is 1. The number of carbonyl (C=O) groups excluding carboxylic acids is 1. The number of hydrogen-bond acceptors (Lipinski definition) is 6. The van der Waals surface area contributed by atoms with Crippen LogP contribution in [0, 0.1) is 11.8 Å². The zero-order valence-electron chi connectivity index (χ0n) is 20.3. The number of hydrogen-bond donors (Lipinski definition) is 2. The van der Waals surface area contributed by atoms with Crippen LogP contribution in [0.15, 0.2) is 60.8 Å². The number of pyridine rings is 1. The maximum absolute atomic E-state index is 12.7. The molecule has 3 N–H and O–H groups in total. The molecule has 1 unspecified atom stereocenters. The fraction of sp³-hybridized carbons (Fsp3) is 0.429. The molecule has 1 amide bonds. The minimum Gasteiger partial charge on any atom is -0.497 e. The quantitative estimate of drug-likeness (QED) is 0.480. The molecule has 7 nitrogen and oxygen atoms in total. The van der Waals surface area contributed by atoms with Gasteiger partial charge >= 0.3 is 6.09 Å². The molecule has 4 rings (SSSR count). The van der Waals surface area contributed by atoms with E-state index in [0.29, 0.717) is 19.0 Å². The van der Waals surface area contributed by atoms with Crippen molar-refractivity contribution >= 4 is 17.0 Å². The van der Waals surface area contributed by atoms with Crippen LogP contribution in [-0.2, 0) is 17.8 Å². The summed E-state index contributed by atoms with van der Waals surface area (Å²) < 4.78 is 10.9. The van der Waals surface area contributed by atoms with Gasteiger partial charge in [-0.1, -0.05) is 30.3 Å². The Hall–Kier alpha value is -3.16. The Morgan fingerprint density at radius 3 is 2.83 bits per heavy atom. The normalized spacial score (nSPS) is 18.9. The van der Waals surface area contributed by atoms with Gasteiger partial charge in [0.25, 0.3) is 0 Å². The third-order valence-electron chi connectivity index (χ3n) is 7.07. The van der Waals surface area contributed by atoms with Gasteiger partial charge in [0.05, 0.1) is 18.7 Å². The predicted octanol–water partition coefficient (Wildman–Crippen LogP) is 4.16. The van der Waals surface area contributed by atoms with Crippen LogP contribution in [0.3, 0.4) is 0 Å². The number of fused-ring (bicyclic) bond motifs is 1. The molecule has 2 aromatic carbocycles. The van der Waals surface area contributed by atoms with Crippen molar-refractivity contribution in [3.8, 4) is 5.75 Å². The van der Waals surface area contributed by atoms with E-state index >= 15 is 0 Å². The van der Waals surface area contributed by atoms with E-state index < -0.39 is 6.10 Å². The lowest BCUT2D eigenvalue weighted by Crippen LogP contribution is -2.49. The molecule has 1 aromatic heterocycles. The number of nitrogens with two attached hydrogens (primary N) is 1. The molecule has 1 saturated heterocycles. The lowest BCUT2D eigenvalue weighted by atomic mass is 9.78. The second-order valence-electron chi connectivity index (χ2n) is 9.25. The summed E-state index contributed by atoms with van der Waals surface area (Å²) in [6, 6.07) is 17.7. The molecule has 2 heterocycles. The van der Waals surface area contributed by atoms with Crippen molar-refractivity contribution in [2.24, 2.45) is 17.6 Å². The maximum atomic E-state index is 12.7. The lowest BCUT2D eigenvalue weighted by Gasteiger charge is -2.40. The van der Waals surface area contributed by atoms with Gasteiger partial charge in [0.2, 0.25) is 0 Å². The van der Waals surface area contributed by atoms with E-state index in [1.54, 1.807) is 12.0 Å². The number of amides is 1. The highest BCUT2D eigenvalue weighted by Gasteiger charge is 2.35. The number of benzene rings is 2. The van der Waals surface area contributed by atoms with Crippen LogP contribution in [0.25, 0.3) is 10.9 Å². The Morgan fingerprint density at radius 2 is 2.06 bits per heavy atom. The van der Waals surface area contributed by atoms with Gasteiger partial charge in [-0.2, -0.15) is 0 Å². The first-order valence-electron chi connectivity index (χ1n) is 12.3. The summed E-state index contributed by atoms with van der Waals surface area (Å²) in [5.41, 5.74) is 8.98. The molecule has 1 aliphatic heterocycles. The van der Waals surface area contributed by atoms with Crippen LogP contribution in [0.2, 0.25) is 0 Å². The van der Waals surface area contributed by atoms with Crippen molar-refractivity contribution in [2.45, 2.75) is 38.4 Å². The van der Waals surface area contributed by atoms with E-state index in [1.165, 1.54) is 5.56 Å². The Labute approximate surface area is 206 Å². The molecular weight excluding hydrogens is 442 g/mol. The summed E-state index contributed by atoms with van der Waals surface area (Å²) in [5, 5.41) is 11.8. The molecule has 0 bridgehead atoms. The highest BCUT2D eigenvalue weighted by atomic mass is 16.6. The molecule has 3 aromatic rings. The van der Waals surface area contributed by atoms with Gasteiger partial charge in [0.15, 0.2) is 0 Å². The van der Waals surface area contributed by atoms with Crippen molar-refractivity contribution in [3.05, 3.63) is 71.9 Å². The number of nitrogens with zero attached hydrogens (tertiary/aromatic N) is 2. The number of methoxy groups -OCH3 is 1. The number of piperidine rings is 1. The van der Waals surface area contributed by atoms with E-state index in [9.17, 15) is 9.90 Å². The van der Waals surface area contributed by atoms with Crippen molar-refractivity contribution in [1.29, 1.82) is 0 Å². The van der Waals surface area contributed by atoms with Crippen molar-refractivity contribution in [1.82, 2.24) is 9.88 Å². The van der Waals surface area contributed by atoms with Gasteiger partial charge in [-0.15, -0.1) is 0 Å². The number of carbonyl (C=O) groups is 1. The van der Waals surface area contributed by atoms with Crippen LogP contribution < -0.4 is 10.5 Å². The first kappa shape index (κ1) is 24.9. The lowest BCUT2D eigenvalue weighted by molar-refractivity contribution is 0.00923. The molecule has 1 fully saturated rings. The highest BCUT2D eigenvalue weighted by molar-refractivity contribution is 5.83. The zero-order chi connectivity index (χ0) is 24.6. The van der Waals surface area contributed by atoms with Crippen LogP contribution in [0.4, 0.5) is 4.79 Å². The summed E-state index contributed by atoms with van der Waals surface area (Å²) in [5.74, 6) is 1.06. The Kier molecular flexibility index (Phi) is 8.55. The smallest absolute Gasteiger partial charge is 0.410 e. The molecule has 0 saturated carbocycles. The van der Waals surface area contributed by atoms with Gasteiger partial charge in [-0.05, 0) is 67.0 Å². The highest BCUT2D eigenvalue weighted by Crippen LogP contribution is 2.32. The molecule has 7 heteroatoms. The fourth-order valence-corrected chi connectivity index (χ4v) is 5.06. The molecule has 0 radical (unpaired) electrons. The van der Waals surface area contributed by atoms with Crippen molar-refractivity contribution < 1.29 is 19.4 Å². The van der Waals surface area contributed by atoms with Crippen LogP contribution in [0.5, 0.6) is 5.75 Å². The monoisotopic (exact) mass is 477 g/mol. The van der Waals surface area contributed by atoms with Gasteiger partial charge in [-0.25, -0.2) is 4.79 Å². The molecule has 0 aliphatic carbocycles. The van der Waals surface area contributed by atoms with E-state index in [0.717, 1.165) is 47.9 Å². The average molecular weight is 478 g/mol. The van der Waals surface area contributed by atoms with Crippen molar-refractivity contribution in [3.63, 3.8) is 0 Å². The number of aryl methyl sites for hydroxylation is 1. The summed E-state index contributed by atoms with van der Waals surface area (Å²) in [6.45, 7) is 1.52. The van der Waals surface area contributed by atoms with E-state index in [2.05, 4.69) is 11.1 Å². The molecular formula is C28H35N3O4. The minimum atomic E-state index is -0.643. The largest absolute Gasteiger partial charge is 0.497 e. The second kappa shape index (κ2) is 12.0. The third kappa shape index (κ3) is 6.29.